The quantitative estimate of drug-likeness (QED) is 0.133. The molecular weight excluding hydrogens is 765 g/mol. The van der Waals surface area contributed by atoms with Crippen molar-refractivity contribution in [3.05, 3.63) is 182 Å². The highest BCUT2D eigenvalue weighted by molar-refractivity contribution is 6.42. The number of carbonyl (C=O) groups is 1. The van der Waals surface area contributed by atoms with Crippen molar-refractivity contribution in [2.75, 3.05) is 13.2 Å². The zero-order valence-corrected chi connectivity index (χ0v) is 33.7. The summed E-state index contributed by atoms with van der Waals surface area (Å²) in [7, 11) is 0. The lowest BCUT2D eigenvalue weighted by Gasteiger charge is -2.41. The Balaban J connectivity index is 0.946. The maximum absolute atomic E-state index is 14.2. The Morgan fingerprint density at radius 3 is 2.26 bits per heavy atom. The van der Waals surface area contributed by atoms with Crippen molar-refractivity contribution < 1.29 is 19.0 Å². The third-order valence-corrected chi connectivity index (χ3v) is 11.8. The van der Waals surface area contributed by atoms with E-state index in [0.717, 1.165) is 51.1 Å². The summed E-state index contributed by atoms with van der Waals surface area (Å²) in [4.78, 5) is 16.5. The molecule has 0 aliphatic carbocycles. The molecule has 3 unspecified atom stereocenters. The molecule has 1 N–H and O–H groups in total. The highest BCUT2D eigenvalue weighted by Gasteiger charge is 2.37. The summed E-state index contributed by atoms with van der Waals surface area (Å²) in [5.41, 5.74) is 9.28. The third kappa shape index (κ3) is 8.85. The second-order valence-corrected chi connectivity index (χ2v) is 15.6. The summed E-state index contributed by atoms with van der Waals surface area (Å²) in [6, 6.07) is 45.8. The number of nitrogens with one attached hydrogen (secondary N) is 1. The van der Waals surface area contributed by atoms with E-state index in [2.05, 4.69) is 83.9 Å². The Morgan fingerprint density at radius 2 is 1.55 bits per heavy atom. The molecule has 58 heavy (non-hydrogen) atoms. The number of ether oxygens (including phenoxy) is 3. The standard InChI is InChI=1S/C49H43Cl2N3O4/c1-2-44(37-6-4-3-5-7-37)54-29-40-27-47-46(57-31-48(58-47)38-17-19-41(20-18-38)56-30-34-12-21-42(50)43(51)24-34)26-39(40)25-45(54)49(55)53-23-22-32-8-13-35(14-9-32)36-15-10-33(28-52)11-16-36/h3-21,24,26-27,44-45,48H,2,22-23,25,29-31H2,1H3,(H,53,55). The van der Waals surface area contributed by atoms with Gasteiger partial charge in [-0.1, -0.05) is 115 Å². The molecule has 2 heterocycles. The maximum atomic E-state index is 14.2. The summed E-state index contributed by atoms with van der Waals surface area (Å²) in [5, 5.41) is 13.4. The van der Waals surface area contributed by atoms with Gasteiger partial charge in [0, 0.05) is 19.1 Å². The van der Waals surface area contributed by atoms with Crippen LogP contribution >= 0.6 is 23.2 Å². The molecule has 2 aliphatic heterocycles. The van der Waals surface area contributed by atoms with Crippen LogP contribution in [0.4, 0.5) is 0 Å². The lowest BCUT2D eigenvalue weighted by molar-refractivity contribution is -0.128. The maximum Gasteiger partial charge on any atom is 0.237 e. The van der Waals surface area contributed by atoms with Gasteiger partial charge in [0.1, 0.15) is 19.0 Å². The molecular formula is C49H43Cl2N3O4. The van der Waals surface area contributed by atoms with Crippen molar-refractivity contribution >= 4 is 29.1 Å². The number of halogens is 2. The van der Waals surface area contributed by atoms with Crippen molar-refractivity contribution in [3.63, 3.8) is 0 Å². The lowest BCUT2D eigenvalue weighted by Crippen LogP contribution is -2.51. The molecule has 0 aromatic heterocycles. The van der Waals surface area contributed by atoms with Crippen molar-refractivity contribution in [3.8, 4) is 34.4 Å². The number of nitrogens with zero attached hydrogens (tertiary/aromatic N) is 2. The number of benzene rings is 6. The molecule has 292 valence electrons. The van der Waals surface area contributed by atoms with Gasteiger partial charge in [0.15, 0.2) is 17.6 Å². The Bertz CT molecular complexity index is 2420. The topological polar surface area (TPSA) is 83.8 Å². The zero-order valence-electron chi connectivity index (χ0n) is 32.2. The highest BCUT2D eigenvalue weighted by Crippen LogP contribution is 2.42. The van der Waals surface area contributed by atoms with Gasteiger partial charge in [-0.3, -0.25) is 9.69 Å². The first kappa shape index (κ1) is 39.1. The summed E-state index contributed by atoms with van der Waals surface area (Å²) >= 11 is 12.2. The SMILES string of the molecule is CCC(c1ccccc1)N1Cc2cc3c(cc2CC1C(=O)NCCc1ccc(-c2ccc(C#N)cc2)cc1)OCC(c1ccc(OCc2ccc(Cl)c(Cl)c2)cc1)O3. The van der Waals surface area contributed by atoms with Gasteiger partial charge in [0.05, 0.1) is 27.7 Å². The third-order valence-electron chi connectivity index (χ3n) is 11.0. The molecule has 0 radical (unpaired) electrons. The second kappa shape index (κ2) is 17.8. The van der Waals surface area contributed by atoms with Crippen LogP contribution in [-0.2, 0) is 30.8 Å². The lowest BCUT2D eigenvalue weighted by atomic mass is 9.89. The molecule has 0 saturated carbocycles. The average molecular weight is 809 g/mol. The minimum absolute atomic E-state index is 0.0218. The Kier molecular flexibility index (Phi) is 12.0. The zero-order chi connectivity index (χ0) is 40.0. The first-order chi connectivity index (χ1) is 28.3. The van der Waals surface area contributed by atoms with Gasteiger partial charge in [-0.05, 0) is 112 Å². The van der Waals surface area contributed by atoms with E-state index in [4.69, 9.17) is 42.7 Å². The molecule has 6 aromatic carbocycles. The predicted octanol–water partition coefficient (Wildman–Crippen LogP) is 10.9. The molecule has 1 amide bonds. The summed E-state index contributed by atoms with van der Waals surface area (Å²) in [5.74, 6) is 2.16. The monoisotopic (exact) mass is 807 g/mol. The van der Waals surface area contributed by atoms with Crippen LogP contribution < -0.4 is 19.5 Å². The summed E-state index contributed by atoms with van der Waals surface area (Å²) < 4.78 is 18.9. The number of fused-ring (bicyclic) bond motifs is 2. The van der Waals surface area contributed by atoms with Gasteiger partial charge in [-0.25, -0.2) is 0 Å². The van der Waals surface area contributed by atoms with Crippen LogP contribution in [0.25, 0.3) is 11.1 Å². The van der Waals surface area contributed by atoms with E-state index in [1.165, 1.54) is 5.56 Å². The van der Waals surface area contributed by atoms with E-state index in [-0.39, 0.29) is 24.1 Å². The minimum Gasteiger partial charge on any atom is -0.489 e. The van der Waals surface area contributed by atoms with Crippen molar-refractivity contribution in [1.29, 1.82) is 5.26 Å². The van der Waals surface area contributed by atoms with Crippen molar-refractivity contribution in [1.82, 2.24) is 10.2 Å². The van der Waals surface area contributed by atoms with Crippen LogP contribution in [0.15, 0.2) is 133 Å². The van der Waals surface area contributed by atoms with E-state index in [9.17, 15) is 4.79 Å². The Hall–Kier alpha value is -5.78. The number of hydrogen-bond acceptors (Lipinski definition) is 6. The molecule has 0 bridgehead atoms. The average Bonchev–Trinajstić information content (AvgIpc) is 3.26. The number of nitriles is 1. The first-order valence-corrected chi connectivity index (χ1v) is 20.4. The first-order valence-electron chi connectivity index (χ1n) is 19.6. The summed E-state index contributed by atoms with van der Waals surface area (Å²) in [6.07, 6.45) is 1.85. The molecule has 9 heteroatoms. The van der Waals surface area contributed by atoms with Gasteiger partial charge >= 0.3 is 0 Å². The predicted molar refractivity (Wildman–Crippen MR) is 228 cm³/mol. The Labute approximate surface area is 349 Å². The second-order valence-electron chi connectivity index (χ2n) is 14.7. The normalized spacial score (nSPS) is 16.4. The fourth-order valence-electron chi connectivity index (χ4n) is 7.87. The van der Waals surface area contributed by atoms with Crippen molar-refractivity contribution in [2.24, 2.45) is 0 Å². The van der Waals surface area contributed by atoms with Gasteiger partial charge in [0.2, 0.25) is 5.91 Å². The molecule has 2 aliphatic rings. The smallest absolute Gasteiger partial charge is 0.237 e. The van der Waals surface area contributed by atoms with E-state index in [1.54, 1.807) is 6.07 Å². The van der Waals surface area contributed by atoms with Gasteiger partial charge < -0.3 is 19.5 Å². The largest absolute Gasteiger partial charge is 0.489 e. The Morgan fingerprint density at radius 1 is 0.845 bits per heavy atom. The number of rotatable bonds is 12. The summed E-state index contributed by atoms with van der Waals surface area (Å²) in [6.45, 7) is 4.05. The van der Waals surface area contributed by atoms with E-state index in [0.29, 0.717) is 66.3 Å². The molecule has 7 nitrogen and oxygen atoms in total. The molecule has 0 saturated heterocycles. The number of hydrogen-bond donors (Lipinski definition) is 1. The number of carbonyl (C=O) groups excluding carboxylic acids is 1. The molecule has 0 fully saturated rings. The van der Waals surface area contributed by atoms with E-state index < -0.39 is 0 Å². The van der Waals surface area contributed by atoms with Crippen molar-refractivity contribution in [2.45, 2.75) is 57.5 Å². The fourth-order valence-corrected chi connectivity index (χ4v) is 8.19. The minimum atomic E-state index is -0.357. The molecule has 8 rings (SSSR count). The van der Waals surface area contributed by atoms with Crippen LogP contribution in [0.2, 0.25) is 10.0 Å². The van der Waals surface area contributed by atoms with Crippen LogP contribution in [-0.4, -0.2) is 30.0 Å². The van der Waals surface area contributed by atoms with Gasteiger partial charge in [0.25, 0.3) is 0 Å². The van der Waals surface area contributed by atoms with Crippen LogP contribution in [0.1, 0.15) is 64.4 Å². The highest BCUT2D eigenvalue weighted by atomic mass is 35.5. The van der Waals surface area contributed by atoms with Gasteiger partial charge in [-0.15, -0.1) is 0 Å². The molecule has 6 aromatic rings. The van der Waals surface area contributed by atoms with Crippen LogP contribution in [0.3, 0.4) is 0 Å². The van der Waals surface area contributed by atoms with Gasteiger partial charge in [-0.2, -0.15) is 5.26 Å². The van der Waals surface area contributed by atoms with Crippen LogP contribution in [0.5, 0.6) is 17.2 Å². The van der Waals surface area contributed by atoms with E-state index >= 15 is 0 Å². The molecule has 3 atom stereocenters. The fraction of sp³-hybridized carbons (Fsp3) is 0.224. The van der Waals surface area contributed by atoms with E-state index in [1.807, 2.05) is 66.7 Å². The number of amides is 1. The molecule has 0 spiro atoms. The van der Waals surface area contributed by atoms with Crippen LogP contribution in [0, 0.1) is 11.3 Å².